The molecule has 0 heterocycles. The van der Waals surface area contributed by atoms with Crippen LogP contribution in [0.25, 0.3) is 0 Å². The summed E-state index contributed by atoms with van der Waals surface area (Å²) in [7, 11) is 0. The number of anilines is 1. The summed E-state index contributed by atoms with van der Waals surface area (Å²) in [6.07, 6.45) is 0.944. The van der Waals surface area contributed by atoms with E-state index in [1.165, 1.54) is 11.3 Å². The molecule has 0 aliphatic rings. The second-order valence-corrected chi connectivity index (χ2v) is 3.38. The maximum Gasteiger partial charge on any atom is 0.0588 e. The van der Waals surface area contributed by atoms with E-state index >= 15 is 0 Å². The summed E-state index contributed by atoms with van der Waals surface area (Å²) in [5, 5.41) is 3.29. The van der Waals surface area contributed by atoms with Crippen molar-refractivity contribution in [3.05, 3.63) is 29.8 Å². The van der Waals surface area contributed by atoms with Crippen LogP contribution >= 0.6 is 0 Å². The van der Waals surface area contributed by atoms with Crippen LogP contribution in [0.3, 0.4) is 0 Å². The fourth-order valence-corrected chi connectivity index (χ4v) is 1.42. The number of nitrogens with one attached hydrogen (secondary N) is 1. The Bertz CT molecular complexity index is 276. The molecule has 1 aromatic rings. The van der Waals surface area contributed by atoms with Crippen LogP contribution in [-0.4, -0.2) is 26.3 Å². The molecule has 0 amide bonds. The molecule has 84 valence electrons. The first-order valence-electron chi connectivity index (χ1n) is 5.47. The molecule has 3 N–H and O–H groups in total. The zero-order valence-electron chi connectivity index (χ0n) is 9.33. The Morgan fingerprint density at radius 2 is 2.20 bits per heavy atom. The minimum atomic E-state index is 0.595. The van der Waals surface area contributed by atoms with Crippen LogP contribution in [-0.2, 0) is 11.2 Å². The van der Waals surface area contributed by atoms with E-state index in [-0.39, 0.29) is 0 Å². The van der Waals surface area contributed by atoms with E-state index in [1.807, 2.05) is 0 Å². The Hall–Kier alpha value is -1.06. The molecule has 0 saturated carbocycles. The Morgan fingerprint density at radius 1 is 1.33 bits per heavy atom. The number of rotatable bonds is 7. The molecule has 0 aliphatic heterocycles. The lowest BCUT2D eigenvalue weighted by atomic mass is 10.1. The third-order valence-electron chi connectivity index (χ3n) is 2.11. The van der Waals surface area contributed by atoms with Gasteiger partial charge in [0.05, 0.1) is 13.2 Å². The Kier molecular flexibility index (Phi) is 5.81. The van der Waals surface area contributed by atoms with Crippen molar-refractivity contribution in [1.29, 1.82) is 0 Å². The van der Waals surface area contributed by atoms with Crippen molar-refractivity contribution in [2.45, 2.75) is 13.3 Å². The Balaban J connectivity index is 2.36. The van der Waals surface area contributed by atoms with Crippen LogP contribution in [0.1, 0.15) is 12.5 Å². The van der Waals surface area contributed by atoms with Gasteiger partial charge >= 0.3 is 0 Å². The summed E-state index contributed by atoms with van der Waals surface area (Å²) < 4.78 is 5.34. The molecule has 0 fully saturated rings. The number of nitrogens with two attached hydrogens (primary N) is 1. The van der Waals surface area contributed by atoms with Crippen molar-refractivity contribution < 1.29 is 4.74 Å². The molecule has 0 aromatic heterocycles. The predicted molar refractivity (Wildman–Crippen MR) is 64.2 cm³/mol. The van der Waals surface area contributed by atoms with Gasteiger partial charge in [0, 0.05) is 18.8 Å². The monoisotopic (exact) mass is 208 g/mol. The third-order valence-corrected chi connectivity index (χ3v) is 2.11. The highest BCUT2D eigenvalue weighted by Gasteiger charge is 1.95. The van der Waals surface area contributed by atoms with Crippen LogP contribution in [0.15, 0.2) is 24.3 Å². The van der Waals surface area contributed by atoms with Gasteiger partial charge in [-0.05, 0) is 31.0 Å². The minimum Gasteiger partial charge on any atom is -0.385 e. The maximum atomic E-state index is 5.34. The highest BCUT2D eigenvalue weighted by Crippen LogP contribution is 2.10. The van der Waals surface area contributed by atoms with Crippen molar-refractivity contribution in [2.24, 2.45) is 5.73 Å². The smallest absolute Gasteiger partial charge is 0.0588 e. The lowest BCUT2D eigenvalue weighted by molar-refractivity contribution is 0.145. The Labute approximate surface area is 91.6 Å². The maximum absolute atomic E-state index is 5.34. The number of benzene rings is 1. The van der Waals surface area contributed by atoms with Crippen LogP contribution in [0.4, 0.5) is 5.69 Å². The third kappa shape index (κ3) is 4.81. The van der Waals surface area contributed by atoms with Crippen LogP contribution in [0, 0.1) is 0 Å². The quantitative estimate of drug-likeness (QED) is 0.670. The van der Waals surface area contributed by atoms with E-state index < -0.39 is 0 Å². The first-order chi connectivity index (χ1) is 7.36. The second-order valence-electron chi connectivity index (χ2n) is 3.38. The van der Waals surface area contributed by atoms with Crippen molar-refractivity contribution in [1.82, 2.24) is 0 Å². The lowest BCUT2D eigenvalue weighted by Gasteiger charge is -2.06. The van der Waals surface area contributed by atoms with Gasteiger partial charge in [-0.1, -0.05) is 12.1 Å². The Morgan fingerprint density at radius 3 is 2.93 bits per heavy atom. The molecule has 3 nitrogen and oxygen atoms in total. The first kappa shape index (κ1) is 12.0. The average Bonchev–Trinajstić information content (AvgIpc) is 2.26. The molecule has 0 aliphatic carbocycles. The normalized spacial score (nSPS) is 10.3. The summed E-state index contributed by atoms with van der Waals surface area (Å²) in [6.45, 7) is 5.03. The molecular formula is C12H20N2O. The summed E-state index contributed by atoms with van der Waals surface area (Å²) in [6, 6.07) is 8.42. The van der Waals surface area contributed by atoms with E-state index in [2.05, 4.69) is 36.5 Å². The molecule has 0 bridgehead atoms. The van der Waals surface area contributed by atoms with E-state index in [0.29, 0.717) is 13.2 Å². The van der Waals surface area contributed by atoms with E-state index in [4.69, 9.17) is 10.5 Å². The van der Waals surface area contributed by atoms with Crippen LogP contribution < -0.4 is 11.1 Å². The number of ether oxygens (including phenoxy) is 1. The minimum absolute atomic E-state index is 0.595. The summed E-state index contributed by atoms with van der Waals surface area (Å²) in [5.74, 6) is 0. The largest absolute Gasteiger partial charge is 0.385 e. The van der Waals surface area contributed by atoms with Gasteiger partial charge in [-0.3, -0.25) is 0 Å². The van der Waals surface area contributed by atoms with Gasteiger partial charge in [0.25, 0.3) is 0 Å². The van der Waals surface area contributed by atoms with Gasteiger partial charge in [0.2, 0.25) is 0 Å². The van der Waals surface area contributed by atoms with E-state index in [9.17, 15) is 0 Å². The van der Waals surface area contributed by atoms with Crippen molar-refractivity contribution in [3.8, 4) is 0 Å². The van der Waals surface area contributed by atoms with E-state index in [0.717, 1.165) is 19.6 Å². The van der Waals surface area contributed by atoms with Crippen molar-refractivity contribution >= 4 is 5.69 Å². The molecule has 0 radical (unpaired) electrons. The average molecular weight is 208 g/mol. The molecule has 0 saturated heterocycles. The number of hydrogen-bond donors (Lipinski definition) is 2. The van der Waals surface area contributed by atoms with Gasteiger partial charge in [-0.2, -0.15) is 0 Å². The second kappa shape index (κ2) is 7.26. The van der Waals surface area contributed by atoms with Gasteiger partial charge in [-0.15, -0.1) is 0 Å². The highest BCUT2D eigenvalue weighted by molar-refractivity contribution is 5.45. The summed E-state index contributed by atoms with van der Waals surface area (Å²) in [5.41, 5.74) is 7.81. The van der Waals surface area contributed by atoms with Gasteiger partial charge < -0.3 is 15.8 Å². The van der Waals surface area contributed by atoms with Crippen LogP contribution in [0.2, 0.25) is 0 Å². The first-order valence-corrected chi connectivity index (χ1v) is 5.47. The predicted octanol–water partition coefficient (Wildman–Crippen LogP) is 1.64. The fourth-order valence-electron chi connectivity index (χ4n) is 1.42. The fraction of sp³-hybridized carbons (Fsp3) is 0.500. The number of hydrogen-bond acceptors (Lipinski definition) is 3. The molecule has 1 aromatic carbocycles. The lowest BCUT2D eigenvalue weighted by Crippen LogP contribution is -2.10. The highest BCUT2D eigenvalue weighted by atomic mass is 16.5. The molecule has 15 heavy (non-hydrogen) atoms. The van der Waals surface area contributed by atoms with Gasteiger partial charge in [-0.25, -0.2) is 0 Å². The topological polar surface area (TPSA) is 47.3 Å². The van der Waals surface area contributed by atoms with E-state index in [1.54, 1.807) is 0 Å². The summed E-state index contributed by atoms with van der Waals surface area (Å²) in [4.78, 5) is 0. The molecule has 3 heteroatoms. The molecular weight excluding hydrogens is 188 g/mol. The van der Waals surface area contributed by atoms with Crippen LogP contribution in [0.5, 0.6) is 0 Å². The molecule has 0 unspecified atom stereocenters. The standard InChI is InChI=1S/C12H20N2O/c1-2-14-12-5-3-4-11(10-12)6-8-15-9-7-13/h3-5,10,14H,2,6-9,13H2,1H3. The molecule has 0 atom stereocenters. The zero-order valence-corrected chi connectivity index (χ0v) is 9.33. The SMILES string of the molecule is CCNc1cccc(CCOCCN)c1. The summed E-state index contributed by atoms with van der Waals surface area (Å²) >= 11 is 0. The zero-order chi connectivity index (χ0) is 10.9. The van der Waals surface area contributed by atoms with Crippen molar-refractivity contribution in [3.63, 3.8) is 0 Å². The van der Waals surface area contributed by atoms with Crippen molar-refractivity contribution in [2.75, 3.05) is 31.6 Å². The molecule has 0 spiro atoms. The van der Waals surface area contributed by atoms with Gasteiger partial charge in [0.1, 0.15) is 0 Å². The van der Waals surface area contributed by atoms with Gasteiger partial charge in [0.15, 0.2) is 0 Å². The molecule has 1 rings (SSSR count).